The second-order valence-electron chi connectivity index (χ2n) is 23.4. The third kappa shape index (κ3) is 68.7. The van der Waals surface area contributed by atoms with E-state index >= 15 is 0 Å². The van der Waals surface area contributed by atoms with Crippen molar-refractivity contribution >= 4 is 19.8 Å². The predicted molar refractivity (Wildman–Crippen MR) is 369 cm³/mol. The van der Waals surface area contributed by atoms with Gasteiger partial charge in [0.1, 0.15) is 19.8 Å². The van der Waals surface area contributed by atoms with E-state index in [-0.39, 0.29) is 26.1 Å². The Hall–Kier alpha value is -4.37. The topological polar surface area (TPSA) is 111 Å². The first kappa shape index (κ1) is 81.6. The fraction of sp³-hybridized carbons (Fsp3) is 0.632. The standard InChI is InChI=1S/C76H126NO8P/c1-6-8-10-12-14-16-18-20-22-24-26-28-30-32-34-36-37-38-39-41-42-44-46-48-50-52-54-56-58-60-62-64-66-68-75(78)82-72-74(73-84-86(80,81)83-71-70-77(3,4)5)85-76(79)69-67-65-63-61-59-57-55-53-51-49-47-45-43-40-35-33-31-29-27-25-23-21-19-17-15-13-11-9-7-2/h8-11,14-17,20-23,26-29,32-35,37-38,43,45,49,51,74H,6-7,12-13,18-19,24-25,30-31,36,39-42,44,46-48,50,52-73H2,1-5H3/b10-8-,11-9-,16-14-,17-15-,22-20-,23-21-,28-26-,29-27-,34-32-,35-33-,38-37-,45-43-,51-49-. The number of ether oxygens (including phenoxy) is 2. The lowest BCUT2D eigenvalue weighted by Gasteiger charge is -2.28. The maximum atomic E-state index is 12.9. The molecule has 0 spiro atoms. The zero-order chi connectivity index (χ0) is 62.6. The summed E-state index contributed by atoms with van der Waals surface area (Å²) in [6.07, 6.45) is 97.3. The number of carbonyl (C=O) groups is 2. The second kappa shape index (κ2) is 65.1. The molecule has 0 aromatic heterocycles. The molecule has 0 aromatic carbocycles. The average Bonchev–Trinajstić information content (AvgIpc) is 3.67. The molecule has 0 saturated heterocycles. The molecule has 488 valence electrons. The Morgan fingerprint density at radius 3 is 0.930 bits per heavy atom. The molecule has 10 heteroatoms. The van der Waals surface area contributed by atoms with Crippen molar-refractivity contribution in [1.82, 2.24) is 0 Å². The molecular weight excluding hydrogens is 1090 g/mol. The summed E-state index contributed by atoms with van der Waals surface area (Å²) in [5.41, 5.74) is 0. The minimum Gasteiger partial charge on any atom is -0.756 e. The van der Waals surface area contributed by atoms with Crippen LogP contribution >= 0.6 is 7.82 Å². The molecule has 0 aliphatic carbocycles. The van der Waals surface area contributed by atoms with Crippen LogP contribution in [0.1, 0.15) is 258 Å². The van der Waals surface area contributed by atoms with Crippen LogP contribution in [0.5, 0.6) is 0 Å². The summed E-state index contributed by atoms with van der Waals surface area (Å²) in [5.74, 6) is -0.853. The highest BCUT2D eigenvalue weighted by Crippen LogP contribution is 2.38. The monoisotopic (exact) mass is 1210 g/mol. The van der Waals surface area contributed by atoms with Crippen LogP contribution in [-0.4, -0.2) is 70.0 Å². The summed E-state index contributed by atoms with van der Waals surface area (Å²) in [6, 6.07) is 0. The van der Waals surface area contributed by atoms with Crippen molar-refractivity contribution < 1.29 is 42.1 Å². The van der Waals surface area contributed by atoms with Gasteiger partial charge < -0.3 is 27.9 Å². The first-order chi connectivity index (χ1) is 42.0. The van der Waals surface area contributed by atoms with E-state index in [1.165, 1.54) is 89.9 Å². The van der Waals surface area contributed by atoms with Crippen LogP contribution in [0.2, 0.25) is 0 Å². The molecule has 0 heterocycles. The average molecular weight is 1210 g/mol. The molecule has 9 nitrogen and oxygen atoms in total. The Balaban J connectivity index is 4.13. The van der Waals surface area contributed by atoms with Crippen molar-refractivity contribution in [2.45, 2.75) is 264 Å². The van der Waals surface area contributed by atoms with Gasteiger partial charge in [-0.05, 0) is 122 Å². The van der Waals surface area contributed by atoms with Crippen LogP contribution in [0, 0.1) is 0 Å². The van der Waals surface area contributed by atoms with Gasteiger partial charge in [0, 0.05) is 12.8 Å². The van der Waals surface area contributed by atoms with Crippen LogP contribution in [0.15, 0.2) is 158 Å². The lowest BCUT2D eigenvalue weighted by molar-refractivity contribution is -0.870. The number of phosphoric acid groups is 1. The number of esters is 2. The van der Waals surface area contributed by atoms with Crippen LogP contribution in [0.25, 0.3) is 0 Å². The maximum absolute atomic E-state index is 12.9. The highest BCUT2D eigenvalue weighted by atomic mass is 31.2. The van der Waals surface area contributed by atoms with E-state index in [0.717, 1.165) is 135 Å². The van der Waals surface area contributed by atoms with Crippen LogP contribution in [-0.2, 0) is 32.7 Å². The highest BCUT2D eigenvalue weighted by Gasteiger charge is 2.22. The van der Waals surface area contributed by atoms with Crippen molar-refractivity contribution in [3.05, 3.63) is 158 Å². The number of hydrogen-bond donors (Lipinski definition) is 0. The van der Waals surface area contributed by atoms with Gasteiger partial charge in [-0.2, -0.15) is 0 Å². The molecule has 0 aliphatic rings. The number of rotatable bonds is 61. The van der Waals surface area contributed by atoms with Gasteiger partial charge in [-0.25, -0.2) is 0 Å². The fourth-order valence-corrected chi connectivity index (χ4v) is 9.60. The molecule has 2 unspecified atom stereocenters. The number of allylic oxidation sites excluding steroid dienone is 26. The summed E-state index contributed by atoms with van der Waals surface area (Å²) in [6.45, 7) is 3.99. The highest BCUT2D eigenvalue weighted by molar-refractivity contribution is 7.45. The van der Waals surface area contributed by atoms with Gasteiger partial charge in [-0.15, -0.1) is 0 Å². The zero-order valence-electron chi connectivity index (χ0n) is 55.4. The molecule has 0 radical (unpaired) electrons. The first-order valence-electron chi connectivity index (χ1n) is 34.2. The number of carbonyl (C=O) groups excluding carboxylic acids is 2. The quantitative estimate of drug-likeness (QED) is 0.0195. The summed E-state index contributed by atoms with van der Waals surface area (Å²) in [5, 5.41) is 0. The molecule has 0 rings (SSSR count). The van der Waals surface area contributed by atoms with Gasteiger partial charge in [-0.1, -0.05) is 281 Å². The number of unbranched alkanes of at least 4 members (excludes halogenated alkanes) is 21. The van der Waals surface area contributed by atoms with E-state index in [4.69, 9.17) is 18.5 Å². The molecule has 0 aromatic rings. The molecular formula is C76H126NO8P. The molecule has 0 saturated carbocycles. The Morgan fingerprint density at radius 2 is 0.628 bits per heavy atom. The summed E-state index contributed by atoms with van der Waals surface area (Å²) in [4.78, 5) is 38.1. The molecule has 86 heavy (non-hydrogen) atoms. The first-order valence-corrected chi connectivity index (χ1v) is 35.7. The lowest BCUT2D eigenvalue weighted by Crippen LogP contribution is -2.37. The molecule has 0 N–H and O–H groups in total. The molecule has 0 amide bonds. The number of phosphoric ester groups is 1. The normalized spacial score (nSPS) is 14.2. The smallest absolute Gasteiger partial charge is 0.306 e. The number of nitrogens with zero attached hydrogens (tertiary/aromatic N) is 1. The third-order valence-electron chi connectivity index (χ3n) is 14.0. The van der Waals surface area contributed by atoms with Gasteiger partial charge >= 0.3 is 11.9 Å². The Kier molecular flexibility index (Phi) is 61.8. The zero-order valence-corrected chi connectivity index (χ0v) is 56.3. The Morgan fingerprint density at radius 1 is 0.360 bits per heavy atom. The summed E-state index contributed by atoms with van der Waals surface area (Å²) >= 11 is 0. The van der Waals surface area contributed by atoms with E-state index in [2.05, 4.69) is 172 Å². The number of quaternary nitrogens is 1. The van der Waals surface area contributed by atoms with Crippen molar-refractivity contribution in [1.29, 1.82) is 0 Å². The molecule has 0 bridgehead atoms. The van der Waals surface area contributed by atoms with E-state index < -0.39 is 32.5 Å². The minimum absolute atomic E-state index is 0.0411. The van der Waals surface area contributed by atoms with Crippen LogP contribution in [0.3, 0.4) is 0 Å². The van der Waals surface area contributed by atoms with E-state index in [1.807, 2.05) is 21.1 Å². The third-order valence-corrected chi connectivity index (χ3v) is 15.0. The fourth-order valence-electron chi connectivity index (χ4n) is 8.88. The van der Waals surface area contributed by atoms with E-state index in [9.17, 15) is 19.0 Å². The van der Waals surface area contributed by atoms with Crippen LogP contribution < -0.4 is 4.89 Å². The molecule has 2 atom stereocenters. The van der Waals surface area contributed by atoms with E-state index in [0.29, 0.717) is 17.4 Å². The molecule has 0 fully saturated rings. The van der Waals surface area contributed by atoms with Crippen molar-refractivity contribution in [2.24, 2.45) is 0 Å². The maximum Gasteiger partial charge on any atom is 0.306 e. The van der Waals surface area contributed by atoms with Gasteiger partial charge in [0.05, 0.1) is 27.7 Å². The molecule has 0 aliphatic heterocycles. The predicted octanol–water partition coefficient (Wildman–Crippen LogP) is 21.7. The van der Waals surface area contributed by atoms with Crippen LogP contribution in [0.4, 0.5) is 0 Å². The van der Waals surface area contributed by atoms with Gasteiger partial charge in [0.25, 0.3) is 7.82 Å². The SMILES string of the molecule is CC/C=C\C/C=C\C/C=C\C/C=C\C/C=C\C/C=C\C/C=C\CCCCCCCCCC(=O)OC(COC(=O)CCCCCCCCCCCCCCCC/C=C\C/C=C\C/C=C\C/C=C\C/C=C\C/C=C\CC)COP(=O)([O-])OCC[N+](C)(C)C. The lowest BCUT2D eigenvalue weighted by atomic mass is 10.0. The second-order valence-corrected chi connectivity index (χ2v) is 24.8. The van der Waals surface area contributed by atoms with E-state index in [1.54, 1.807) is 0 Å². The van der Waals surface area contributed by atoms with Crippen molar-refractivity contribution in [2.75, 3.05) is 47.5 Å². The number of likely N-dealkylation sites (N-methyl/N-ethyl adjacent to an activating group) is 1. The van der Waals surface area contributed by atoms with Gasteiger partial charge in [0.15, 0.2) is 6.10 Å². The summed E-state index contributed by atoms with van der Waals surface area (Å²) < 4.78 is 34.3. The largest absolute Gasteiger partial charge is 0.756 e. The number of hydrogen-bond acceptors (Lipinski definition) is 8. The Bertz CT molecular complexity index is 2010. The minimum atomic E-state index is -4.66. The van der Waals surface area contributed by atoms with Gasteiger partial charge in [-0.3, -0.25) is 14.2 Å². The Labute approximate surface area is 528 Å². The summed E-state index contributed by atoms with van der Waals surface area (Å²) in [7, 11) is 1.14. The van der Waals surface area contributed by atoms with Crippen molar-refractivity contribution in [3.8, 4) is 0 Å². The van der Waals surface area contributed by atoms with Gasteiger partial charge in [0.2, 0.25) is 0 Å². The van der Waals surface area contributed by atoms with Crippen molar-refractivity contribution in [3.63, 3.8) is 0 Å².